The summed E-state index contributed by atoms with van der Waals surface area (Å²) in [4.78, 5) is 0.975. The molecule has 1 unspecified atom stereocenters. The van der Waals surface area contributed by atoms with E-state index in [1.807, 2.05) is 6.07 Å². The third-order valence-electron chi connectivity index (χ3n) is 3.86. The van der Waals surface area contributed by atoms with Crippen LogP contribution in [0.1, 0.15) is 43.1 Å². The highest BCUT2D eigenvalue weighted by Gasteiger charge is 2.21. The quantitative estimate of drug-likeness (QED) is 0.855. The summed E-state index contributed by atoms with van der Waals surface area (Å²) in [5.74, 6) is 0.457. The Morgan fingerprint density at radius 1 is 1.28 bits per heavy atom. The summed E-state index contributed by atoms with van der Waals surface area (Å²) in [6.07, 6.45) is 5.57. The van der Waals surface area contributed by atoms with E-state index in [9.17, 15) is 9.50 Å². The van der Waals surface area contributed by atoms with Crippen LogP contribution in [-0.4, -0.2) is 5.11 Å². The SMILES string of the molecule is OC(CC1CCCC1)c1cc2cc(F)ccc2s1. The number of fused-ring (bicyclic) bond motifs is 1. The predicted octanol–water partition coefficient (Wildman–Crippen LogP) is 4.65. The lowest BCUT2D eigenvalue weighted by molar-refractivity contribution is 0.148. The molecule has 1 N–H and O–H groups in total. The number of aliphatic hydroxyl groups excluding tert-OH is 1. The average molecular weight is 264 g/mol. The Morgan fingerprint density at radius 3 is 2.83 bits per heavy atom. The Labute approximate surface area is 110 Å². The van der Waals surface area contributed by atoms with Crippen LogP contribution in [0.2, 0.25) is 0 Å². The van der Waals surface area contributed by atoms with Gasteiger partial charge in [0.05, 0.1) is 6.10 Å². The maximum Gasteiger partial charge on any atom is 0.123 e. The van der Waals surface area contributed by atoms with E-state index in [2.05, 4.69) is 0 Å². The third kappa shape index (κ3) is 2.43. The molecular weight excluding hydrogens is 247 g/mol. The second-order valence-electron chi connectivity index (χ2n) is 5.23. The highest BCUT2D eigenvalue weighted by molar-refractivity contribution is 7.19. The van der Waals surface area contributed by atoms with Crippen molar-refractivity contribution in [3.63, 3.8) is 0 Å². The molecule has 96 valence electrons. The van der Waals surface area contributed by atoms with Crippen molar-refractivity contribution in [1.29, 1.82) is 0 Å². The standard InChI is InChI=1S/C15H17FOS/c16-12-5-6-14-11(8-12)9-15(18-14)13(17)7-10-3-1-2-4-10/h5-6,8-10,13,17H,1-4,7H2. The van der Waals surface area contributed by atoms with Crippen molar-refractivity contribution in [2.45, 2.75) is 38.2 Å². The van der Waals surface area contributed by atoms with Crippen molar-refractivity contribution in [3.05, 3.63) is 35.0 Å². The molecule has 1 atom stereocenters. The van der Waals surface area contributed by atoms with Gasteiger partial charge >= 0.3 is 0 Å². The molecule has 1 heterocycles. The first-order valence-electron chi connectivity index (χ1n) is 6.59. The molecule has 2 aromatic rings. The van der Waals surface area contributed by atoms with Crippen molar-refractivity contribution in [3.8, 4) is 0 Å². The number of hydrogen-bond acceptors (Lipinski definition) is 2. The summed E-state index contributed by atoms with van der Waals surface area (Å²) in [5, 5.41) is 11.2. The summed E-state index contributed by atoms with van der Waals surface area (Å²) in [7, 11) is 0. The van der Waals surface area contributed by atoms with Crippen LogP contribution in [0.5, 0.6) is 0 Å². The molecule has 0 aliphatic heterocycles. The first-order valence-corrected chi connectivity index (χ1v) is 7.41. The van der Waals surface area contributed by atoms with Gasteiger partial charge < -0.3 is 5.11 Å². The average Bonchev–Trinajstić information content (AvgIpc) is 2.96. The van der Waals surface area contributed by atoms with Crippen molar-refractivity contribution in [1.82, 2.24) is 0 Å². The topological polar surface area (TPSA) is 20.2 Å². The van der Waals surface area contributed by atoms with Gasteiger partial charge in [0, 0.05) is 9.58 Å². The van der Waals surface area contributed by atoms with Crippen LogP contribution < -0.4 is 0 Å². The van der Waals surface area contributed by atoms with Gasteiger partial charge in [-0.1, -0.05) is 25.7 Å². The summed E-state index contributed by atoms with van der Waals surface area (Å²) >= 11 is 1.58. The van der Waals surface area contributed by atoms with Crippen molar-refractivity contribution in [2.75, 3.05) is 0 Å². The van der Waals surface area contributed by atoms with E-state index in [1.54, 1.807) is 17.4 Å². The van der Waals surface area contributed by atoms with Gasteiger partial charge in [-0.05, 0) is 42.0 Å². The molecule has 0 spiro atoms. The summed E-state index contributed by atoms with van der Waals surface area (Å²) in [6, 6.07) is 6.74. The van der Waals surface area contributed by atoms with Crippen LogP contribution in [0.4, 0.5) is 4.39 Å². The summed E-state index contributed by atoms with van der Waals surface area (Å²) in [6.45, 7) is 0. The monoisotopic (exact) mass is 264 g/mol. The van der Waals surface area contributed by atoms with Gasteiger partial charge in [-0.15, -0.1) is 11.3 Å². The van der Waals surface area contributed by atoms with Crippen LogP contribution in [0.15, 0.2) is 24.3 Å². The maximum absolute atomic E-state index is 13.1. The van der Waals surface area contributed by atoms with E-state index in [4.69, 9.17) is 0 Å². The van der Waals surface area contributed by atoms with E-state index in [-0.39, 0.29) is 11.9 Å². The number of thiophene rings is 1. The Kier molecular flexibility index (Phi) is 3.35. The van der Waals surface area contributed by atoms with Crippen LogP contribution in [0, 0.1) is 11.7 Å². The third-order valence-corrected chi connectivity index (χ3v) is 5.07. The number of halogens is 1. The van der Waals surface area contributed by atoms with Crippen molar-refractivity contribution < 1.29 is 9.50 Å². The zero-order valence-electron chi connectivity index (χ0n) is 10.2. The van der Waals surface area contributed by atoms with Gasteiger partial charge in [-0.3, -0.25) is 0 Å². The minimum absolute atomic E-state index is 0.211. The predicted molar refractivity (Wildman–Crippen MR) is 73.3 cm³/mol. The summed E-state index contributed by atoms with van der Waals surface area (Å²) < 4.78 is 14.2. The maximum atomic E-state index is 13.1. The smallest absolute Gasteiger partial charge is 0.123 e. The van der Waals surface area contributed by atoms with Crippen LogP contribution in [0.25, 0.3) is 10.1 Å². The van der Waals surface area contributed by atoms with Gasteiger partial charge in [0.1, 0.15) is 5.82 Å². The zero-order valence-corrected chi connectivity index (χ0v) is 11.0. The lowest BCUT2D eigenvalue weighted by Gasteiger charge is -2.13. The van der Waals surface area contributed by atoms with E-state index < -0.39 is 0 Å². The molecule has 1 aromatic carbocycles. The lowest BCUT2D eigenvalue weighted by Crippen LogP contribution is -2.02. The molecule has 1 aromatic heterocycles. The minimum atomic E-state index is -0.381. The van der Waals surface area contributed by atoms with E-state index in [0.717, 1.165) is 21.4 Å². The molecule has 1 nitrogen and oxygen atoms in total. The number of hydrogen-bond donors (Lipinski definition) is 1. The van der Waals surface area contributed by atoms with Gasteiger partial charge in [0.25, 0.3) is 0 Å². The van der Waals surface area contributed by atoms with Gasteiger partial charge in [-0.25, -0.2) is 4.39 Å². The van der Waals surface area contributed by atoms with Crippen LogP contribution in [-0.2, 0) is 0 Å². The van der Waals surface area contributed by atoms with E-state index in [1.165, 1.54) is 37.8 Å². The molecular formula is C15H17FOS. The van der Waals surface area contributed by atoms with Gasteiger partial charge in [0.15, 0.2) is 0 Å². The molecule has 3 heteroatoms. The Balaban J connectivity index is 1.80. The molecule has 1 aliphatic carbocycles. The van der Waals surface area contributed by atoms with Crippen LogP contribution in [0.3, 0.4) is 0 Å². The van der Waals surface area contributed by atoms with Crippen LogP contribution >= 0.6 is 11.3 Å². The number of aliphatic hydroxyl groups is 1. The van der Waals surface area contributed by atoms with Gasteiger partial charge in [0.2, 0.25) is 0 Å². The molecule has 0 amide bonds. The number of rotatable bonds is 3. The van der Waals surface area contributed by atoms with E-state index in [0.29, 0.717) is 5.92 Å². The molecule has 18 heavy (non-hydrogen) atoms. The fraction of sp³-hybridized carbons (Fsp3) is 0.467. The molecule has 1 aliphatic rings. The molecule has 3 rings (SSSR count). The zero-order chi connectivity index (χ0) is 12.5. The molecule has 0 saturated heterocycles. The lowest BCUT2D eigenvalue weighted by atomic mass is 9.99. The first-order chi connectivity index (χ1) is 8.72. The molecule has 1 saturated carbocycles. The van der Waals surface area contributed by atoms with E-state index >= 15 is 0 Å². The summed E-state index contributed by atoms with van der Waals surface area (Å²) in [5.41, 5.74) is 0. The Bertz CT molecular complexity index is 542. The molecule has 1 fully saturated rings. The van der Waals surface area contributed by atoms with Gasteiger partial charge in [-0.2, -0.15) is 0 Å². The van der Waals surface area contributed by atoms with Crippen molar-refractivity contribution >= 4 is 21.4 Å². The second-order valence-corrected chi connectivity index (χ2v) is 6.35. The van der Waals surface area contributed by atoms with Crippen molar-refractivity contribution in [2.24, 2.45) is 5.92 Å². The Morgan fingerprint density at radius 2 is 2.06 bits per heavy atom. The second kappa shape index (κ2) is 4.98. The fourth-order valence-electron chi connectivity index (χ4n) is 2.88. The molecule has 0 bridgehead atoms. The largest absolute Gasteiger partial charge is 0.388 e. The highest BCUT2D eigenvalue weighted by atomic mass is 32.1. The normalized spacial score (nSPS) is 18.6. The fourth-order valence-corrected chi connectivity index (χ4v) is 3.92. The number of benzene rings is 1. The Hall–Kier alpha value is -0.930. The first kappa shape index (κ1) is 12.1. The highest BCUT2D eigenvalue weighted by Crippen LogP contribution is 2.37. The minimum Gasteiger partial charge on any atom is -0.388 e. The molecule has 0 radical (unpaired) electrons.